The molecule has 1 amide bonds. The van der Waals surface area contributed by atoms with Crippen molar-refractivity contribution in [3.05, 3.63) is 69.6 Å². The van der Waals surface area contributed by atoms with E-state index in [1.54, 1.807) is 30.3 Å². The number of carbonyl (C=O) groups is 1. The first-order valence-electron chi connectivity index (χ1n) is 6.53. The molecule has 0 bridgehead atoms. The molecule has 0 saturated heterocycles. The van der Waals surface area contributed by atoms with Gasteiger partial charge in [0.15, 0.2) is 0 Å². The van der Waals surface area contributed by atoms with Crippen molar-refractivity contribution in [1.82, 2.24) is 10.3 Å². The molecule has 0 aliphatic heterocycles. The molecule has 1 aromatic heterocycles. The predicted molar refractivity (Wildman–Crippen MR) is 85.9 cm³/mol. The van der Waals surface area contributed by atoms with Gasteiger partial charge in [-0.2, -0.15) is 0 Å². The maximum Gasteiger partial charge on any atom is 0.267 e. The number of benzene rings is 2. The van der Waals surface area contributed by atoms with Crippen LogP contribution in [0, 0.1) is 5.82 Å². The van der Waals surface area contributed by atoms with Crippen LogP contribution in [0.15, 0.2) is 42.5 Å². The molecule has 0 aliphatic carbocycles. The Morgan fingerprint density at radius 1 is 1.09 bits per heavy atom. The lowest BCUT2D eigenvalue weighted by atomic mass is 10.2. The molecule has 112 valence electrons. The van der Waals surface area contributed by atoms with Gasteiger partial charge in [-0.05, 0) is 48.0 Å². The Morgan fingerprint density at radius 3 is 2.55 bits per heavy atom. The summed E-state index contributed by atoms with van der Waals surface area (Å²) >= 11 is 11.8. The fourth-order valence-corrected chi connectivity index (χ4v) is 2.79. The Hall–Kier alpha value is -2.04. The van der Waals surface area contributed by atoms with Crippen molar-refractivity contribution in [2.75, 3.05) is 0 Å². The van der Waals surface area contributed by atoms with Crippen LogP contribution < -0.4 is 5.32 Å². The third-order valence-corrected chi connectivity index (χ3v) is 3.64. The first-order valence-corrected chi connectivity index (χ1v) is 7.28. The highest BCUT2D eigenvalue weighted by Gasteiger charge is 2.10. The maximum atomic E-state index is 13.2. The number of halogens is 3. The van der Waals surface area contributed by atoms with Crippen molar-refractivity contribution in [1.29, 1.82) is 0 Å². The number of aromatic nitrogens is 1. The van der Waals surface area contributed by atoms with Crippen LogP contribution in [0.5, 0.6) is 0 Å². The average molecular weight is 337 g/mol. The summed E-state index contributed by atoms with van der Waals surface area (Å²) < 4.78 is 13.2. The Kier molecular flexibility index (Phi) is 4.05. The van der Waals surface area contributed by atoms with Crippen LogP contribution in [0.1, 0.15) is 16.1 Å². The van der Waals surface area contributed by atoms with Crippen molar-refractivity contribution >= 4 is 40.0 Å². The molecule has 0 radical (unpaired) electrons. The van der Waals surface area contributed by atoms with Crippen LogP contribution >= 0.6 is 23.2 Å². The molecule has 0 spiro atoms. The van der Waals surface area contributed by atoms with Gasteiger partial charge in [-0.15, -0.1) is 0 Å². The topological polar surface area (TPSA) is 44.9 Å². The summed E-state index contributed by atoms with van der Waals surface area (Å²) in [5.41, 5.74) is 1.87. The van der Waals surface area contributed by atoms with E-state index in [2.05, 4.69) is 10.3 Å². The Balaban J connectivity index is 1.75. The Labute approximate surface area is 136 Å². The highest BCUT2D eigenvalue weighted by Crippen LogP contribution is 2.19. The monoisotopic (exact) mass is 336 g/mol. The van der Waals surface area contributed by atoms with E-state index in [1.165, 1.54) is 12.1 Å². The molecule has 2 N–H and O–H groups in total. The first-order chi connectivity index (χ1) is 10.5. The molecule has 3 nitrogen and oxygen atoms in total. The van der Waals surface area contributed by atoms with Gasteiger partial charge in [0.05, 0.1) is 0 Å². The lowest BCUT2D eigenvalue weighted by Gasteiger charge is -2.05. The van der Waals surface area contributed by atoms with Gasteiger partial charge in [0.1, 0.15) is 11.5 Å². The minimum atomic E-state index is -0.341. The van der Waals surface area contributed by atoms with Crippen LogP contribution in [-0.2, 0) is 6.54 Å². The van der Waals surface area contributed by atoms with Gasteiger partial charge < -0.3 is 10.3 Å². The van der Waals surface area contributed by atoms with Crippen molar-refractivity contribution in [3.63, 3.8) is 0 Å². The number of H-pyrrole nitrogens is 1. The molecule has 1 heterocycles. The highest BCUT2D eigenvalue weighted by molar-refractivity contribution is 6.34. The third kappa shape index (κ3) is 3.24. The van der Waals surface area contributed by atoms with E-state index in [1.807, 2.05) is 0 Å². The molecular formula is C16H11Cl2FN2O. The summed E-state index contributed by atoms with van der Waals surface area (Å²) in [5, 5.41) is 4.44. The predicted octanol–water partition coefficient (Wildman–Crippen LogP) is 4.54. The maximum absolute atomic E-state index is 13.2. The van der Waals surface area contributed by atoms with Crippen molar-refractivity contribution in [2.24, 2.45) is 0 Å². The van der Waals surface area contributed by atoms with E-state index in [0.29, 0.717) is 33.2 Å². The molecule has 6 heteroatoms. The largest absolute Gasteiger partial charge is 0.351 e. The average Bonchev–Trinajstić information content (AvgIpc) is 2.86. The normalized spacial score (nSPS) is 10.9. The van der Waals surface area contributed by atoms with E-state index in [0.717, 1.165) is 5.56 Å². The second kappa shape index (κ2) is 5.99. The van der Waals surface area contributed by atoms with Crippen LogP contribution in [0.25, 0.3) is 10.9 Å². The summed E-state index contributed by atoms with van der Waals surface area (Å²) in [4.78, 5) is 15.1. The fraction of sp³-hybridized carbons (Fsp3) is 0.0625. The number of rotatable bonds is 3. The summed E-state index contributed by atoms with van der Waals surface area (Å²) in [5.74, 6) is -0.625. The fourth-order valence-electron chi connectivity index (χ4n) is 2.22. The third-order valence-electron chi connectivity index (χ3n) is 3.20. The van der Waals surface area contributed by atoms with Crippen LogP contribution in [0.2, 0.25) is 10.0 Å². The van der Waals surface area contributed by atoms with E-state index >= 15 is 0 Å². The lowest BCUT2D eigenvalue weighted by molar-refractivity contribution is 0.0946. The Bertz CT molecular complexity index is 840. The highest BCUT2D eigenvalue weighted by atomic mass is 35.5. The molecule has 3 rings (SSSR count). The van der Waals surface area contributed by atoms with Gasteiger partial charge in [0, 0.05) is 27.5 Å². The molecule has 3 aromatic rings. The number of amides is 1. The van der Waals surface area contributed by atoms with E-state index < -0.39 is 0 Å². The minimum Gasteiger partial charge on any atom is -0.351 e. The Morgan fingerprint density at radius 2 is 1.82 bits per heavy atom. The number of nitrogens with one attached hydrogen (secondary N) is 2. The lowest BCUT2D eigenvalue weighted by Crippen LogP contribution is -2.23. The zero-order chi connectivity index (χ0) is 15.7. The van der Waals surface area contributed by atoms with E-state index in [9.17, 15) is 9.18 Å². The van der Waals surface area contributed by atoms with E-state index in [-0.39, 0.29) is 11.7 Å². The zero-order valence-electron chi connectivity index (χ0n) is 11.3. The SMILES string of the molecule is O=C(NCc1cc(Cl)cc(Cl)c1)c1cc2cc(F)ccc2[nH]1. The van der Waals surface area contributed by atoms with Gasteiger partial charge >= 0.3 is 0 Å². The first kappa shape index (κ1) is 14.9. The van der Waals surface area contributed by atoms with Crippen molar-refractivity contribution < 1.29 is 9.18 Å². The van der Waals surface area contributed by atoms with Crippen molar-refractivity contribution in [3.8, 4) is 0 Å². The van der Waals surface area contributed by atoms with Crippen LogP contribution in [0.3, 0.4) is 0 Å². The molecule has 0 unspecified atom stereocenters. The van der Waals surface area contributed by atoms with Crippen molar-refractivity contribution in [2.45, 2.75) is 6.54 Å². The number of aromatic amines is 1. The summed E-state index contributed by atoms with van der Waals surface area (Å²) in [6.45, 7) is 0.294. The van der Waals surface area contributed by atoms with Gasteiger partial charge in [0.25, 0.3) is 5.91 Å². The van der Waals surface area contributed by atoms with Gasteiger partial charge in [-0.25, -0.2) is 4.39 Å². The standard InChI is InChI=1S/C16H11Cl2FN2O/c17-11-3-9(4-12(18)7-11)8-20-16(22)15-6-10-5-13(19)1-2-14(10)21-15/h1-7,21H,8H2,(H,20,22). The molecule has 0 saturated carbocycles. The summed E-state index contributed by atoms with van der Waals surface area (Å²) in [6.07, 6.45) is 0. The molecule has 22 heavy (non-hydrogen) atoms. The molecule has 0 aliphatic rings. The van der Waals surface area contributed by atoms with Crippen LogP contribution in [0.4, 0.5) is 4.39 Å². The quantitative estimate of drug-likeness (QED) is 0.724. The van der Waals surface area contributed by atoms with E-state index in [4.69, 9.17) is 23.2 Å². The zero-order valence-corrected chi connectivity index (χ0v) is 12.8. The van der Waals surface area contributed by atoms with Gasteiger partial charge in [-0.1, -0.05) is 23.2 Å². The molecule has 2 aromatic carbocycles. The smallest absolute Gasteiger partial charge is 0.267 e. The van der Waals surface area contributed by atoms with Crippen LogP contribution in [-0.4, -0.2) is 10.9 Å². The second-order valence-corrected chi connectivity index (χ2v) is 5.75. The number of hydrogen-bond donors (Lipinski definition) is 2. The molecular weight excluding hydrogens is 326 g/mol. The number of hydrogen-bond acceptors (Lipinski definition) is 1. The van der Waals surface area contributed by atoms with Gasteiger partial charge in [0.2, 0.25) is 0 Å². The second-order valence-electron chi connectivity index (χ2n) is 4.87. The molecule has 0 fully saturated rings. The summed E-state index contributed by atoms with van der Waals surface area (Å²) in [7, 11) is 0. The summed E-state index contributed by atoms with van der Waals surface area (Å²) in [6, 6.07) is 11.0. The molecule has 0 atom stereocenters. The minimum absolute atomic E-state index is 0.285. The number of carbonyl (C=O) groups excluding carboxylic acids is 1. The number of fused-ring (bicyclic) bond motifs is 1. The van der Waals surface area contributed by atoms with Gasteiger partial charge in [-0.3, -0.25) is 4.79 Å².